The van der Waals surface area contributed by atoms with Crippen molar-refractivity contribution in [2.75, 3.05) is 26.2 Å². The van der Waals surface area contributed by atoms with Gasteiger partial charge < -0.3 is 10.1 Å². The molecule has 3 heterocycles. The standard InChI is InChI=1S/C18H24F2N2O2S/c1-11-2-3-14(25-11)7-22-8-15-13(10-24-16(15)9-22)6-21-17(23)12-4-18(19,20)5-12/h2-3,12-13,15-16H,4-10H2,1H3,(H,21,23)/t13-,15+,16+/m1/s1. The van der Waals surface area contributed by atoms with Crippen molar-refractivity contribution in [3.05, 3.63) is 21.9 Å². The highest BCUT2D eigenvalue weighted by Gasteiger charge is 2.49. The molecular formula is C18H24F2N2O2S. The molecule has 1 aromatic rings. The van der Waals surface area contributed by atoms with E-state index in [0.29, 0.717) is 19.1 Å². The summed E-state index contributed by atoms with van der Waals surface area (Å²) in [5, 5.41) is 2.88. The number of likely N-dealkylation sites (tertiary alicyclic amines) is 1. The van der Waals surface area contributed by atoms with Crippen LogP contribution in [0, 0.1) is 24.7 Å². The van der Waals surface area contributed by atoms with Gasteiger partial charge in [0.2, 0.25) is 11.8 Å². The summed E-state index contributed by atoms with van der Waals surface area (Å²) in [5.74, 6) is -2.68. The van der Waals surface area contributed by atoms with E-state index in [1.54, 1.807) is 0 Å². The third kappa shape index (κ3) is 3.73. The molecule has 2 aliphatic heterocycles. The minimum absolute atomic E-state index is 0.224. The predicted octanol–water partition coefficient (Wildman–Crippen LogP) is 2.66. The monoisotopic (exact) mass is 370 g/mol. The molecule has 0 spiro atoms. The molecule has 0 unspecified atom stereocenters. The molecule has 1 N–H and O–H groups in total. The molecule has 2 saturated heterocycles. The molecule has 4 nitrogen and oxygen atoms in total. The van der Waals surface area contributed by atoms with Gasteiger partial charge in [-0.05, 0) is 19.1 Å². The molecule has 1 saturated carbocycles. The third-order valence-electron chi connectivity index (χ3n) is 5.69. The number of nitrogens with one attached hydrogen (secondary N) is 1. The van der Waals surface area contributed by atoms with Crippen molar-refractivity contribution in [2.45, 2.75) is 38.3 Å². The molecule has 3 atom stereocenters. The van der Waals surface area contributed by atoms with Gasteiger partial charge in [0.15, 0.2) is 0 Å². The second kappa shape index (κ2) is 6.59. The Hall–Kier alpha value is -1.05. The van der Waals surface area contributed by atoms with Crippen LogP contribution in [0.15, 0.2) is 12.1 Å². The van der Waals surface area contributed by atoms with Crippen molar-refractivity contribution in [3.63, 3.8) is 0 Å². The molecule has 7 heteroatoms. The summed E-state index contributed by atoms with van der Waals surface area (Å²) in [4.78, 5) is 17.1. The fourth-order valence-corrected chi connectivity index (χ4v) is 5.17. The van der Waals surface area contributed by atoms with E-state index in [2.05, 4.69) is 29.3 Å². The predicted molar refractivity (Wildman–Crippen MR) is 91.7 cm³/mol. The smallest absolute Gasteiger partial charge is 0.249 e. The number of aryl methyl sites for hydroxylation is 1. The topological polar surface area (TPSA) is 41.6 Å². The first-order valence-electron chi connectivity index (χ1n) is 8.94. The molecular weight excluding hydrogens is 346 g/mol. The lowest BCUT2D eigenvalue weighted by molar-refractivity contribution is -0.150. The fourth-order valence-electron chi connectivity index (χ4n) is 4.23. The summed E-state index contributed by atoms with van der Waals surface area (Å²) < 4.78 is 31.7. The van der Waals surface area contributed by atoms with Crippen LogP contribution in [-0.4, -0.2) is 49.1 Å². The summed E-state index contributed by atoms with van der Waals surface area (Å²) in [6.07, 6.45) is -0.379. The lowest BCUT2D eigenvalue weighted by Crippen LogP contribution is -2.46. The second-order valence-electron chi connectivity index (χ2n) is 7.71. The Balaban J connectivity index is 1.25. The number of amides is 1. The van der Waals surface area contributed by atoms with Crippen molar-refractivity contribution < 1.29 is 18.3 Å². The Labute approximate surface area is 150 Å². The van der Waals surface area contributed by atoms with Gasteiger partial charge in [0.1, 0.15) is 0 Å². The van der Waals surface area contributed by atoms with Gasteiger partial charge in [-0.15, -0.1) is 11.3 Å². The van der Waals surface area contributed by atoms with Crippen LogP contribution in [0.25, 0.3) is 0 Å². The summed E-state index contributed by atoms with van der Waals surface area (Å²) in [6.45, 7) is 6.17. The van der Waals surface area contributed by atoms with E-state index in [-0.39, 0.29) is 30.8 Å². The molecule has 1 amide bonds. The molecule has 1 aliphatic carbocycles. The SMILES string of the molecule is Cc1ccc(CN2C[C@H]3[C@H](CNC(=O)C4CC(F)(F)C4)CO[C@H]3C2)s1. The Morgan fingerprint density at radius 3 is 2.88 bits per heavy atom. The Morgan fingerprint density at radius 1 is 1.40 bits per heavy atom. The van der Waals surface area contributed by atoms with E-state index < -0.39 is 11.8 Å². The van der Waals surface area contributed by atoms with Gasteiger partial charge in [0.25, 0.3) is 0 Å². The van der Waals surface area contributed by atoms with Gasteiger partial charge >= 0.3 is 0 Å². The number of halogens is 2. The number of carbonyl (C=O) groups excluding carboxylic acids is 1. The Kier molecular flexibility index (Phi) is 4.58. The summed E-state index contributed by atoms with van der Waals surface area (Å²) in [5.41, 5.74) is 0. The van der Waals surface area contributed by atoms with E-state index >= 15 is 0 Å². The largest absolute Gasteiger partial charge is 0.376 e. The van der Waals surface area contributed by atoms with Crippen LogP contribution in [0.5, 0.6) is 0 Å². The van der Waals surface area contributed by atoms with Crippen molar-refractivity contribution >= 4 is 17.2 Å². The number of thiophene rings is 1. The summed E-state index contributed by atoms with van der Waals surface area (Å²) in [7, 11) is 0. The Bertz CT molecular complexity index is 643. The maximum atomic E-state index is 12.9. The zero-order valence-electron chi connectivity index (χ0n) is 14.3. The number of fused-ring (bicyclic) bond motifs is 1. The number of alkyl halides is 2. The number of carbonyl (C=O) groups is 1. The van der Waals surface area contributed by atoms with Crippen molar-refractivity contribution in [1.29, 1.82) is 0 Å². The number of ether oxygens (including phenoxy) is 1. The first-order chi connectivity index (χ1) is 11.9. The van der Waals surface area contributed by atoms with Crippen molar-refractivity contribution in [3.8, 4) is 0 Å². The van der Waals surface area contributed by atoms with Crippen LogP contribution < -0.4 is 5.32 Å². The number of hydrogen-bond acceptors (Lipinski definition) is 4. The molecule has 138 valence electrons. The molecule has 0 bridgehead atoms. The van der Waals surface area contributed by atoms with Gasteiger partial charge in [-0.3, -0.25) is 9.69 Å². The van der Waals surface area contributed by atoms with Crippen LogP contribution >= 0.6 is 11.3 Å². The van der Waals surface area contributed by atoms with Crippen LogP contribution in [0.2, 0.25) is 0 Å². The quantitative estimate of drug-likeness (QED) is 0.866. The molecule has 1 aromatic heterocycles. The molecule has 25 heavy (non-hydrogen) atoms. The summed E-state index contributed by atoms with van der Waals surface area (Å²) >= 11 is 1.83. The average molecular weight is 370 g/mol. The van der Waals surface area contributed by atoms with Gasteiger partial charge in [0, 0.05) is 66.5 Å². The average Bonchev–Trinajstić information content (AvgIpc) is 3.19. The molecule has 4 rings (SSSR count). The normalized spacial score (nSPS) is 31.7. The van der Waals surface area contributed by atoms with E-state index in [9.17, 15) is 13.6 Å². The minimum atomic E-state index is -2.64. The minimum Gasteiger partial charge on any atom is -0.376 e. The van der Waals surface area contributed by atoms with Crippen molar-refractivity contribution in [1.82, 2.24) is 10.2 Å². The second-order valence-corrected chi connectivity index (χ2v) is 9.08. The first-order valence-corrected chi connectivity index (χ1v) is 9.76. The fraction of sp³-hybridized carbons (Fsp3) is 0.722. The van der Waals surface area contributed by atoms with Crippen LogP contribution in [0.4, 0.5) is 8.78 Å². The summed E-state index contributed by atoms with van der Waals surface area (Å²) in [6, 6.07) is 4.33. The Morgan fingerprint density at radius 2 is 2.20 bits per heavy atom. The van der Waals surface area contributed by atoms with E-state index in [1.807, 2.05) is 11.3 Å². The van der Waals surface area contributed by atoms with E-state index in [1.165, 1.54) is 9.75 Å². The maximum absolute atomic E-state index is 12.9. The zero-order chi connectivity index (χ0) is 17.6. The van der Waals surface area contributed by atoms with Crippen LogP contribution in [-0.2, 0) is 16.1 Å². The zero-order valence-corrected chi connectivity index (χ0v) is 15.2. The molecule has 0 aromatic carbocycles. The van der Waals surface area contributed by atoms with Crippen LogP contribution in [0.1, 0.15) is 22.6 Å². The number of nitrogens with zero attached hydrogens (tertiary/aromatic N) is 1. The lowest BCUT2D eigenvalue weighted by Gasteiger charge is -2.34. The molecule has 3 fully saturated rings. The number of rotatable bonds is 5. The van der Waals surface area contributed by atoms with Gasteiger partial charge in [-0.25, -0.2) is 8.78 Å². The van der Waals surface area contributed by atoms with E-state index in [0.717, 1.165) is 19.6 Å². The van der Waals surface area contributed by atoms with Crippen LogP contribution in [0.3, 0.4) is 0 Å². The highest BCUT2D eigenvalue weighted by atomic mass is 32.1. The van der Waals surface area contributed by atoms with E-state index in [4.69, 9.17) is 4.74 Å². The molecule has 3 aliphatic rings. The molecule has 0 radical (unpaired) electrons. The van der Waals surface area contributed by atoms with Gasteiger partial charge in [0.05, 0.1) is 12.7 Å². The third-order valence-corrected chi connectivity index (χ3v) is 6.67. The number of hydrogen-bond donors (Lipinski definition) is 1. The van der Waals surface area contributed by atoms with Crippen molar-refractivity contribution in [2.24, 2.45) is 17.8 Å². The lowest BCUT2D eigenvalue weighted by atomic mass is 9.80. The highest BCUT2D eigenvalue weighted by molar-refractivity contribution is 7.11. The highest BCUT2D eigenvalue weighted by Crippen LogP contribution is 2.42. The van der Waals surface area contributed by atoms with Gasteiger partial charge in [-0.1, -0.05) is 0 Å². The van der Waals surface area contributed by atoms with Gasteiger partial charge in [-0.2, -0.15) is 0 Å². The first kappa shape index (κ1) is 17.4. The maximum Gasteiger partial charge on any atom is 0.249 e.